The van der Waals surface area contributed by atoms with Gasteiger partial charge in [-0.2, -0.15) is 0 Å². The first kappa shape index (κ1) is 19.7. The molecule has 0 aliphatic heterocycles. The smallest absolute Gasteiger partial charge is 0.160 e. The molecule has 0 aliphatic carbocycles. The zero-order valence-electron chi connectivity index (χ0n) is 17.7. The Labute approximate surface area is 197 Å². The number of hydrogen-bond donors (Lipinski definition) is 0. The Balaban J connectivity index is 1.56. The monoisotopic (exact) mass is 442 g/mol. The van der Waals surface area contributed by atoms with Crippen LogP contribution in [0.2, 0.25) is 5.02 Å². The molecule has 0 aliphatic rings. The maximum Gasteiger partial charge on any atom is 0.160 e. The SMILES string of the molecule is Clc1ccc(-c2cc(-c3ccc4ccccc4c3)nc(-c3ccc4ccccc4c3)n2)cc1. The molecular weight excluding hydrogens is 424 g/mol. The average molecular weight is 443 g/mol. The second kappa shape index (κ2) is 8.16. The van der Waals surface area contributed by atoms with Crippen LogP contribution >= 0.6 is 11.6 Å². The Bertz CT molecular complexity index is 1520. The molecule has 2 nitrogen and oxygen atoms in total. The highest BCUT2D eigenvalue weighted by Crippen LogP contribution is 2.31. The van der Waals surface area contributed by atoms with Crippen molar-refractivity contribution in [3.63, 3.8) is 0 Å². The minimum Gasteiger partial charge on any atom is -0.228 e. The van der Waals surface area contributed by atoms with Crippen molar-refractivity contribution in [2.45, 2.75) is 0 Å². The molecular formula is C30H19ClN2. The van der Waals surface area contributed by atoms with E-state index in [4.69, 9.17) is 21.6 Å². The van der Waals surface area contributed by atoms with Crippen LogP contribution in [-0.4, -0.2) is 9.97 Å². The van der Waals surface area contributed by atoms with Crippen LogP contribution in [0.3, 0.4) is 0 Å². The van der Waals surface area contributed by atoms with Crippen molar-refractivity contribution >= 4 is 33.1 Å². The van der Waals surface area contributed by atoms with Crippen molar-refractivity contribution in [3.8, 4) is 33.9 Å². The summed E-state index contributed by atoms with van der Waals surface area (Å²) >= 11 is 6.13. The van der Waals surface area contributed by atoms with E-state index in [9.17, 15) is 0 Å². The van der Waals surface area contributed by atoms with Gasteiger partial charge in [-0.25, -0.2) is 9.97 Å². The summed E-state index contributed by atoms with van der Waals surface area (Å²) in [4.78, 5) is 9.94. The summed E-state index contributed by atoms with van der Waals surface area (Å²) in [5.41, 5.74) is 4.82. The third-order valence-electron chi connectivity index (χ3n) is 5.92. The van der Waals surface area contributed by atoms with Gasteiger partial charge in [0.05, 0.1) is 11.4 Å². The van der Waals surface area contributed by atoms with Crippen molar-refractivity contribution in [3.05, 3.63) is 120 Å². The zero-order valence-corrected chi connectivity index (χ0v) is 18.5. The molecule has 1 heterocycles. The lowest BCUT2D eigenvalue weighted by Crippen LogP contribution is -1.96. The molecule has 0 saturated carbocycles. The second-order valence-corrected chi connectivity index (χ2v) is 8.53. The molecule has 0 fully saturated rings. The number of hydrogen-bond acceptors (Lipinski definition) is 2. The largest absolute Gasteiger partial charge is 0.228 e. The Kier molecular flexibility index (Phi) is 4.86. The molecule has 0 amide bonds. The molecule has 156 valence electrons. The first-order valence-corrected chi connectivity index (χ1v) is 11.2. The summed E-state index contributed by atoms with van der Waals surface area (Å²) < 4.78 is 0. The molecule has 0 saturated heterocycles. The zero-order chi connectivity index (χ0) is 22.2. The van der Waals surface area contributed by atoms with Crippen molar-refractivity contribution < 1.29 is 0 Å². The fraction of sp³-hybridized carbons (Fsp3) is 0. The molecule has 6 rings (SSSR count). The van der Waals surface area contributed by atoms with E-state index < -0.39 is 0 Å². The first-order chi connectivity index (χ1) is 16.2. The van der Waals surface area contributed by atoms with E-state index in [1.54, 1.807) is 0 Å². The van der Waals surface area contributed by atoms with Crippen LogP contribution in [0.15, 0.2) is 115 Å². The summed E-state index contributed by atoms with van der Waals surface area (Å²) in [6.45, 7) is 0. The Morgan fingerprint density at radius 3 is 1.55 bits per heavy atom. The molecule has 3 heteroatoms. The molecule has 5 aromatic carbocycles. The van der Waals surface area contributed by atoms with Crippen LogP contribution in [0.5, 0.6) is 0 Å². The molecule has 0 unspecified atom stereocenters. The standard InChI is InChI=1S/C30H19ClN2/c31-27-15-13-22(14-16-27)28-19-29(25-11-9-20-5-1-3-7-23(20)17-25)33-30(32-28)26-12-10-21-6-2-4-8-24(21)18-26/h1-19H. The quantitative estimate of drug-likeness (QED) is 0.275. The maximum absolute atomic E-state index is 6.13. The van der Waals surface area contributed by atoms with Gasteiger partial charge in [-0.05, 0) is 51.9 Å². The van der Waals surface area contributed by atoms with Gasteiger partial charge in [-0.3, -0.25) is 0 Å². The number of benzene rings is 5. The highest BCUT2D eigenvalue weighted by molar-refractivity contribution is 6.30. The normalized spacial score (nSPS) is 11.2. The van der Waals surface area contributed by atoms with E-state index in [1.807, 2.05) is 24.3 Å². The van der Waals surface area contributed by atoms with Gasteiger partial charge in [0, 0.05) is 21.7 Å². The van der Waals surface area contributed by atoms with E-state index in [0.717, 1.165) is 28.1 Å². The second-order valence-electron chi connectivity index (χ2n) is 8.09. The van der Waals surface area contributed by atoms with E-state index in [-0.39, 0.29) is 0 Å². The molecule has 0 spiro atoms. The first-order valence-electron chi connectivity index (χ1n) is 10.9. The Morgan fingerprint density at radius 2 is 0.909 bits per heavy atom. The summed E-state index contributed by atoms with van der Waals surface area (Å²) in [6.07, 6.45) is 0. The molecule has 0 N–H and O–H groups in total. The van der Waals surface area contributed by atoms with Crippen LogP contribution in [-0.2, 0) is 0 Å². The number of halogens is 1. The molecule has 0 bridgehead atoms. The third kappa shape index (κ3) is 3.86. The fourth-order valence-corrected chi connectivity index (χ4v) is 4.30. The van der Waals surface area contributed by atoms with E-state index in [2.05, 4.69) is 91.0 Å². The number of aromatic nitrogens is 2. The Morgan fingerprint density at radius 1 is 0.424 bits per heavy atom. The van der Waals surface area contributed by atoms with E-state index >= 15 is 0 Å². The Hall–Kier alpha value is -4.01. The molecule has 1 aromatic heterocycles. The van der Waals surface area contributed by atoms with Crippen LogP contribution in [0.1, 0.15) is 0 Å². The van der Waals surface area contributed by atoms with E-state index in [1.165, 1.54) is 21.5 Å². The fourth-order valence-electron chi connectivity index (χ4n) is 4.17. The van der Waals surface area contributed by atoms with Gasteiger partial charge in [0.25, 0.3) is 0 Å². The predicted molar refractivity (Wildman–Crippen MR) is 138 cm³/mol. The van der Waals surface area contributed by atoms with Gasteiger partial charge in [0.2, 0.25) is 0 Å². The van der Waals surface area contributed by atoms with Gasteiger partial charge < -0.3 is 0 Å². The third-order valence-corrected chi connectivity index (χ3v) is 6.17. The maximum atomic E-state index is 6.13. The van der Waals surface area contributed by atoms with Gasteiger partial charge in [-0.1, -0.05) is 96.5 Å². The lowest BCUT2D eigenvalue weighted by atomic mass is 10.0. The number of fused-ring (bicyclic) bond motifs is 2. The van der Waals surface area contributed by atoms with Crippen LogP contribution in [0.25, 0.3) is 55.4 Å². The number of rotatable bonds is 3. The molecule has 0 radical (unpaired) electrons. The molecule has 0 atom stereocenters. The minimum absolute atomic E-state index is 0.705. The summed E-state index contributed by atoms with van der Waals surface area (Å²) in [5.74, 6) is 0.705. The number of nitrogens with zero attached hydrogens (tertiary/aromatic N) is 2. The van der Waals surface area contributed by atoms with E-state index in [0.29, 0.717) is 10.8 Å². The highest BCUT2D eigenvalue weighted by atomic mass is 35.5. The lowest BCUT2D eigenvalue weighted by Gasteiger charge is -2.11. The van der Waals surface area contributed by atoms with Crippen LogP contribution in [0.4, 0.5) is 0 Å². The topological polar surface area (TPSA) is 25.8 Å². The van der Waals surface area contributed by atoms with Crippen molar-refractivity contribution in [1.82, 2.24) is 9.97 Å². The van der Waals surface area contributed by atoms with Gasteiger partial charge in [0.15, 0.2) is 5.82 Å². The summed E-state index contributed by atoms with van der Waals surface area (Å²) in [7, 11) is 0. The van der Waals surface area contributed by atoms with Gasteiger partial charge >= 0.3 is 0 Å². The van der Waals surface area contributed by atoms with Gasteiger partial charge in [0.1, 0.15) is 0 Å². The molecule has 33 heavy (non-hydrogen) atoms. The average Bonchev–Trinajstić information content (AvgIpc) is 2.88. The van der Waals surface area contributed by atoms with Crippen molar-refractivity contribution in [1.29, 1.82) is 0 Å². The van der Waals surface area contributed by atoms with Gasteiger partial charge in [-0.15, -0.1) is 0 Å². The minimum atomic E-state index is 0.705. The van der Waals surface area contributed by atoms with Crippen LogP contribution in [0, 0.1) is 0 Å². The van der Waals surface area contributed by atoms with Crippen molar-refractivity contribution in [2.24, 2.45) is 0 Å². The lowest BCUT2D eigenvalue weighted by molar-refractivity contribution is 1.18. The summed E-state index contributed by atoms with van der Waals surface area (Å²) in [5, 5.41) is 5.47. The summed E-state index contributed by atoms with van der Waals surface area (Å²) in [6, 6.07) is 39.4. The van der Waals surface area contributed by atoms with Crippen LogP contribution < -0.4 is 0 Å². The van der Waals surface area contributed by atoms with Crippen molar-refractivity contribution in [2.75, 3.05) is 0 Å². The predicted octanol–water partition coefficient (Wildman–Crippen LogP) is 8.44. The molecule has 6 aromatic rings. The highest BCUT2D eigenvalue weighted by Gasteiger charge is 2.12.